The van der Waals surface area contributed by atoms with E-state index in [4.69, 9.17) is 16.1 Å². The molecule has 2 aromatic rings. The lowest BCUT2D eigenvalue weighted by molar-refractivity contribution is -0.113. The normalized spacial score (nSPS) is 11.0. The van der Waals surface area contributed by atoms with Crippen molar-refractivity contribution < 1.29 is 14.1 Å². The number of rotatable bonds is 7. The van der Waals surface area contributed by atoms with Crippen molar-refractivity contribution in [3.05, 3.63) is 46.1 Å². The fourth-order valence-electron chi connectivity index (χ4n) is 2.18. The molecule has 5 nitrogen and oxygen atoms in total. The van der Waals surface area contributed by atoms with E-state index in [0.29, 0.717) is 30.5 Å². The van der Waals surface area contributed by atoms with Crippen molar-refractivity contribution in [2.24, 2.45) is 5.92 Å². The van der Waals surface area contributed by atoms with Crippen molar-refractivity contribution in [2.45, 2.75) is 40.0 Å². The van der Waals surface area contributed by atoms with Crippen LogP contribution in [0.4, 0.5) is 0 Å². The zero-order valence-corrected chi connectivity index (χ0v) is 14.2. The molecule has 0 unspecified atom stereocenters. The summed E-state index contributed by atoms with van der Waals surface area (Å²) >= 11 is 5.99. The van der Waals surface area contributed by atoms with Crippen LogP contribution in [0.15, 0.2) is 22.7 Å². The summed E-state index contributed by atoms with van der Waals surface area (Å²) in [5.74, 6) is 0.638. The van der Waals surface area contributed by atoms with Crippen LogP contribution in [0.25, 0.3) is 0 Å². The average molecular weight is 335 g/mol. The highest BCUT2D eigenvalue weighted by molar-refractivity contribution is 6.47. The van der Waals surface area contributed by atoms with Crippen LogP contribution in [0.1, 0.15) is 48.4 Å². The topological polar surface area (TPSA) is 73.1 Å². The Hall–Kier alpha value is -2.01. The molecule has 0 saturated carbocycles. The number of carbonyl (C=O) groups excluding carboxylic acids is 2. The first kappa shape index (κ1) is 17.3. The third-order valence-electron chi connectivity index (χ3n) is 3.32. The van der Waals surface area contributed by atoms with E-state index in [2.05, 4.69) is 24.0 Å². The molecule has 0 bridgehead atoms. The van der Waals surface area contributed by atoms with Crippen LogP contribution in [0.5, 0.6) is 0 Å². The van der Waals surface area contributed by atoms with Gasteiger partial charge in [0.1, 0.15) is 0 Å². The van der Waals surface area contributed by atoms with Gasteiger partial charge in [-0.3, -0.25) is 9.59 Å². The summed E-state index contributed by atoms with van der Waals surface area (Å²) in [7, 11) is 0. The van der Waals surface area contributed by atoms with E-state index in [9.17, 15) is 9.59 Å². The smallest absolute Gasteiger partial charge is 0.229 e. The van der Waals surface area contributed by atoms with Gasteiger partial charge in [-0.15, -0.1) is 0 Å². The number of Topliss-reactive ketones (excluding diaryl/α,β-unsaturated/α-hetero) is 2. The van der Waals surface area contributed by atoms with E-state index < -0.39 is 11.6 Å². The Kier molecular flexibility index (Phi) is 5.66. The van der Waals surface area contributed by atoms with Gasteiger partial charge in [0, 0.05) is 25.3 Å². The van der Waals surface area contributed by atoms with Gasteiger partial charge >= 0.3 is 0 Å². The highest BCUT2D eigenvalue weighted by atomic mass is 35.5. The largest absolute Gasteiger partial charge is 0.339 e. The van der Waals surface area contributed by atoms with Crippen molar-refractivity contribution in [3.63, 3.8) is 0 Å². The predicted molar refractivity (Wildman–Crippen MR) is 86.7 cm³/mol. The Morgan fingerprint density at radius 2 is 2.00 bits per heavy atom. The van der Waals surface area contributed by atoms with E-state index in [0.717, 1.165) is 12.0 Å². The summed E-state index contributed by atoms with van der Waals surface area (Å²) < 4.78 is 5.22. The molecule has 0 aliphatic rings. The van der Waals surface area contributed by atoms with Crippen LogP contribution in [-0.2, 0) is 24.1 Å². The highest BCUT2D eigenvalue weighted by Crippen LogP contribution is 2.20. The van der Waals surface area contributed by atoms with E-state index in [1.54, 1.807) is 12.1 Å². The molecular weight excluding hydrogens is 316 g/mol. The molecule has 23 heavy (non-hydrogen) atoms. The quantitative estimate of drug-likeness (QED) is 0.572. The molecule has 2 rings (SSSR count). The lowest BCUT2D eigenvalue weighted by Gasteiger charge is -2.04. The molecule has 0 fully saturated rings. The van der Waals surface area contributed by atoms with Gasteiger partial charge in [-0.05, 0) is 30.0 Å². The number of ketones is 2. The van der Waals surface area contributed by atoms with Gasteiger partial charge in [0.25, 0.3) is 0 Å². The standard InChI is InChI=1S/C17H19ClN2O3/c1-10(2)8-15-19-16(23-20-15)7-5-12-4-6-14(18)13(9-12)17(22)11(3)21/h4,6,9-10H,5,7-8H2,1-3H3. The Morgan fingerprint density at radius 3 is 2.65 bits per heavy atom. The number of halogens is 1. The van der Waals surface area contributed by atoms with Crippen LogP contribution >= 0.6 is 11.6 Å². The summed E-state index contributed by atoms with van der Waals surface area (Å²) in [5.41, 5.74) is 1.13. The molecule has 6 heteroatoms. The molecule has 1 aromatic carbocycles. The Labute approximate surface area is 140 Å². The van der Waals surface area contributed by atoms with Crippen LogP contribution in [0.2, 0.25) is 5.02 Å². The van der Waals surface area contributed by atoms with Crippen molar-refractivity contribution in [3.8, 4) is 0 Å². The highest BCUT2D eigenvalue weighted by Gasteiger charge is 2.16. The summed E-state index contributed by atoms with van der Waals surface area (Å²) in [6.45, 7) is 5.43. The fourth-order valence-corrected chi connectivity index (χ4v) is 2.39. The maximum atomic E-state index is 11.8. The number of aryl methyl sites for hydroxylation is 2. The monoisotopic (exact) mass is 334 g/mol. The van der Waals surface area contributed by atoms with Crippen LogP contribution < -0.4 is 0 Å². The molecule has 0 amide bonds. The lowest BCUT2D eigenvalue weighted by atomic mass is 10.0. The number of nitrogens with zero attached hydrogens (tertiary/aromatic N) is 2. The van der Waals surface area contributed by atoms with Crippen LogP contribution in [0, 0.1) is 5.92 Å². The fraction of sp³-hybridized carbons (Fsp3) is 0.412. The van der Waals surface area contributed by atoms with Crippen molar-refractivity contribution in [2.75, 3.05) is 0 Å². The second-order valence-corrected chi connectivity index (χ2v) is 6.31. The Morgan fingerprint density at radius 1 is 1.26 bits per heavy atom. The summed E-state index contributed by atoms with van der Waals surface area (Å²) in [6.07, 6.45) is 1.97. The molecule has 0 radical (unpaired) electrons. The minimum absolute atomic E-state index is 0.239. The average Bonchev–Trinajstić information content (AvgIpc) is 2.92. The van der Waals surface area contributed by atoms with E-state index in [1.165, 1.54) is 6.92 Å². The third-order valence-corrected chi connectivity index (χ3v) is 3.65. The second-order valence-electron chi connectivity index (χ2n) is 5.90. The SMILES string of the molecule is CC(=O)C(=O)c1cc(CCc2nc(CC(C)C)no2)ccc1Cl. The molecule has 0 atom stereocenters. The summed E-state index contributed by atoms with van der Waals surface area (Å²) in [6, 6.07) is 5.10. The van der Waals surface area contributed by atoms with Crippen LogP contribution in [-0.4, -0.2) is 21.7 Å². The van der Waals surface area contributed by atoms with Gasteiger partial charge in [-0.2, -0.15) is 4.98 Å². The second kappa shape index (κ2) is 7.51. The Balaban J connectivity index is 2.06. The summed E-state index contributed by atoms with van der Waals surface area (Å²) in [4.78, 5) is 27.4. The third kappa shape index (κ3) is 4.73. The van der Waals surface area contributed by atoms with Crippen LogP contribution in [0.3, 0.4) is 0 Å². The number of benzene rings is 1. The van der Waals surface area contributed by atoms with Gasteiger partial charge in [0.05, 0.1) is 5.02 Å². The molecule has 1 heterocycles. The number of hydrogen-bond donors (Lipinski definition) is 0. The van der Waals surface area contributed by atoms with Crippen molar-refractivity contribution in [1.29, 1.82) is 0 Å². The van der Waals surface area contributed by atoms with Gasteiger partial charge < -0.3 is 4.52 Å². The summed E-state index contributed by atoms with van der Waals surface area (Å²) in [5, 5.41) is 4.23. The first-order valence-corrected chi connectivity index (χ1v) is 7.89. The molecule has 0 aliphatic carbocycles. The predicted octanol–water partition coefficient (Wildman–Crippen LogP) is 3.48. The molecule has 122 valence electrons. The molecule has 0 aliphatic heterocycles. The molecule has 1 aromatic heterocycles. The van der Waals surface area contributed by atoms with Gasteiger partial charge in [-0.25, -0.2) is 0 Å². The minimum Gasteiger partial charge on any atom is -0.339 e. The first-order valence-electron chi connectivity index (χ1n) is 7.52. The minimum atomic E-state index is -0.575. The zero-order chi connectivity index (χ0) is 17.0. The van der Waals surface area contributed by atoms with Gasteiger partial charge in [0.15, 0.2) is 11.6 Å². The maximum absolute atomic E-state index is 11.8. The molecule has 0 N–H and O–H groups in total. The Bertz CT molecular complexity index is 722. The van der Waals surface area contributed by atoms with Gasteiger partial charge in [-0.1, -0.05) is 36.7 Å². The van der Waals surface area contributed by atoms with E-state index in [-0.39, 0.29) is 10.6 Å². The number of aromatic nitrogens is 2. The lowest BCUT2D eigenvalue weighted by Crippen LogP contribution is -2.11. The van der Waals surface area contributed by atoms with Gasteiger partial charge in [0.2, 0.25) is 11.7 Å². The van der Waals surface area contributed by atoms with Crippen molar-refractivity contribution in [1.82, 2.24) is 10.1 Å². The molecule has 0 spiro atoms. The van der Waals surface area contributed by atoms with E-state index in [1.807, 2.05) is 6.07 Å². The first-order chi connectivity index (χ1) is 10.9. The zero-order valence-electron chi connectivity index (χ0n) is 13.4. The molecular formula is C17H19ClN2O3. The maximum Gasteiger partial charge on any atom is 0.229 e. The number of carbonyl (C=O) groups is 2. The number of hydrogen-bond acceptors (Lipinski definition) is 5. The molecule has 0 saturated heterocycles. The van der Waals surface area contributed by atoms with E-state index >= 15 is 0 Å². The van der Waals surface area contributed by atoms with Crippen molar-refractivity contribution >= 4 is 23.2 Å².